The Morgan fingerprint density at radius 1 is 1.27 bits per heavy atom. The van der Waals surface area contributed by atoms with Crippen LogP contribution in [-0.4, -0.2) is 38.6 Å². The number of nitriles is 1. The highest BCUT2D eigenvalue weighted by Gasteiger charge is 2.27. The summed E-state index contributed by atoms with van der Waals surface area (Å²) in [6, 6.07) is 9.66. The zero-order valence-electron chi connectivity index (χ0n) is 14.4. The predicted molar refractivity (Wildman–Crippen MR) is 101 cm³/mol. The zero-order chi connectivity index (χ0) is 18.1. The van der Waals surface area contributed by atoms with Crippen LogP contribution in [0.1, 0.15) is 25.3 Å². The Bertz CT molecular complexity index is 979. The summed E-state index contributed by atoms with van der Waals surface area (Å²) in [5.74, 6) is 0.787. The van der Waals surface area contributed by atoms with E-state index in [4.69, 9.17) is 5.73 Å². The van der Waals surface area contributed by atoms with Gasteiger partial charge >= 0.3 is 0 Å². The van der Waals surface area contributed by atoms with Crippen LogP contribution in [0.3, 0.4) is 0 Å². The molecule has 0 radical (unpaired) electrons. The Balaban J connectivity index is 1.57. The molecule has 1 fully saturated rings. The van der Waals surface area contributed by atoms with E-state index >= 15 is 0 Å². The van der Waals surface area contributed by atoms with E-state index < -0.39 is 0 Å². The first-order valence-corrected chi connectivity index (χ1v) is 9.29. The minimum Gasteiger partial charge on any atom is -0.342 e. The van der Waals surface area contributed by atoms with Crippen LogP contribution in [-0.2, 0) is 0 Å². The molecule has 0 aliphatic carbocycles. The Morgan fingerprint density at radius 2 is 2.04 bits per heavy atom. The van der Waals surface area contributed by atoms with Crippen molar-refractivity contribution in [3.63, 3.8) is 0 Å². The summed E-state index contributed by atoms with van der Waals surface area (Å²) in [6.07, 6.45) is 3.55. The second-order valence-corrected chi connectivity index (χ2v) is 7.85. The van der Waals surface area contributed by atoms with Crippen molar-refractivity contribution in [2.45, 2.75) is 35.2 Å². The molecule has 3 heterocycles. The standard InChI is InChI=1S/C18H19N7S/c1-18(20)6-8-25(9-7-18)17-23-15-16(24-17)22-14(11-21-15)26-13-5-3-2-4-12(13)10-19/h2-5,11H,6-9,20H2,1H3,(H,21,22,23,24). The lowest BCUT2D eigenvalue weighted by Crippen LogP contribution is -2.48. The van der Waals surface area contributed by atoms with Crippen molar-refractivity contribution in [2.24, 2.45) is 5.73 Å². The fourth-order valence-corrected chi connectivity index (χ4v) is 3.79. The summed E-state index contributed by atoms with van der Waals surface area (Å²) in [5.41, 5.74) is 7.98. The normalized spacial score (nSPS) is 16.6. The maximum atomic E-state index is 9.22. The molecule has 1 saturated heterocycles. The number of fused-ring (bicyclic) bond motifs is 1. The minimum absolute atomic E-state index is 0.100. The van der Waals surface area contributed by atoms with Crippen LogP contribution in [0.2, 0.25) is 0 Å². The van der Waals surface area contributed by atoms with Crippen molar-refractivity contribution in [3.8, 4) is 6.07 Å². The molecule has 1 aliphatic rings. The number of nitrogens with two attached hydrogens (primary N) is 1. The number of nitrogens with one attached hydrogen (secondary N) is 1. The van der Waals surface area contributed by atoms with E-state index in [1.807, 2.05) is 18.2 Å². The lowest BCUT2D eigenvalue weighted by molar-refractivity contribution is 0.362. The second-order valence-electron chi connectivity index (χ2n) is 6.79. The van der Waals surface area contributed by atoms with Crippen LogP contribution in [0, 0.1) is 11.3 Å². The molecule has 7 nitrogen and oxygen atoms in total. The first-order valence-electron chi connectivity index (χ1n) is 8.48. The van der Waals surface area contributed by atoms with Crippen molar-refractivity contribution < 1.29 is 0 Å². The number of rotatable bonds is 3. The molecule has 8 heteroatoms. The highest BCUT2D eigenvalue weighted by Crippen LogP contribution is 2.30. The van der Waals surface area contributed by atoms with Gasteiger partial charge in [-0.15, -0.1) is 0 Å². The first-order chi connectivity index (χ1) is 12.5. The average molecular weight is 365 g/mol. The summed E-state index contributed by atoms with van der Waals surface area (Å²) < 4.78 is 0. The van der Waals surface area contributed by atoms with Crippen LogP contribution < -0.4 is 10.6 Å². The molecular formula is C18H19N7S. The van der Waals surface area contributed by atoms with Gasteiger partial charge in [0.25, 0.3) is 0 Å². The third kappa shape index (κ3) is 3.36. The van der Waals surface area contributed by atoms with Gasteiger partial charge in [0.2, 0.25) is 5.95 Å². The molecule has 0 bridgehead atoms. The Morgan fingerprint density at radius 3 is 2.81 bits per heavy atom. The molecule has 1 aliphatic heterocycles. The highest BCUT2D eigenvalue weighted by atomic mass is 32.2. The molecule has 3 aromatic rings. The molecule has 0 atom stereocenters. The SMILES string of the molecule is CC1(N)CCN(c2nc3ncc(Sc4ccccc4C#N)nc3[nH]2)CC1. The van der Waals surface area contributed by atoms with Crippen LogP contribution in [0.4, 0.5) is 5.95 Å². The number of piperidine rings is 1. The third-order valence-corrected chi connectivity index (χ3v) is 5.58. The van der Waals surface area contributed by atoms with Crippen LogP contribution in [0.25, 0.3) is 11.3 Å². The lowest BCUT2D eigenvalue weighted by Gasteiger charge is -2.36. The van der Waals surface area contributed by atoms with Crippen LogP contribution in [0.15, 0.2) is 40.4 Å². The molecule has 3 N–H and O–H groups in total. The summed E-state index contributed by atoms with van der Waals surface area (Å²) in [5, 5.41) is 9.95. The average Bonchev–Trinajstić information content (AvgIpc) is 3.05. The largest absolute Gasteiger partial charge is 0.342 e. The van der Waals surface area contributed by atoms with E-state index in [0.717, 1.165) is 41.8 Å². The van der Waals surface area contributed by atoms with Gasteiger partial charge in [-0.2, -0.15) is 10.2 Å². The van der Waals surface area contributed by atoms with E-state index in [0.29, 0.717) is 16.9 Å². The van der Waals surface area contributed by atoms with Gasteiger partial charge < -0.3 is 15.6 Å². The molecule has 2 aromatic heterocycles. The van der Waals surface area contributed by atoms with Crippen molar-refractivity contribution in [1.82, 2.24) is 19.9 Å². The summed E-state index contributed by atoms with van der Waals surface area (Å²) in [4.78, 5) is 19.9. The molecule has 132 valence electrons. The number of nitrogens with zero attached hydrogens (tertiary/aromatic N) is 5. The molecular weight excluding hydrogens is 346 g/mol. The fraction of sp³-hybridized carbons (Fsp3) is 0.333. The number of imidazole rings is 1. The lowest BCUT2D eigenvalue weighted by atomic mass is 9.91. The predicted octanol–water partition coefficient (Wildman–Crippen LogP) is 2.69. The van der Waals surface area contributed by atoms with Crippen LogP contribution in [0.5, 0.6) is 0 Å². The Hall–Kier alpha value is -2.63. The minimum atomic E-state index is -0.100. The quantitative estimate of drug-likeness (QED) is 0.734. The van der Waals surface area contributed by atoms with Gasteiger partial charge in [-0.25, -0.2) is 9.97 Å². The zero-order valence-corrected chi connectivity index (χ0v) is 15.3. The smallest absolute Gasteiger partial charge is 0.206 e. The van der Waals surface area contributed by atoms with Crippen molar-refractivity contribution in [2.75, 3.05) is 18.0 Å². The molecule has 4 rings (SSSR count). The first kappa shape index (κ1) is 16.8. The molecule has 1 aromatic carbocycles. The molecule has 0 amide bonds. The highest BCUT2D eigenvalue weighted by molar-refractivity contribution is 7.99. The van der Waals surface area contributed by atoms with Gasteiger partial charge in [-0.05, 0) is 31.9 Å². The number of hydrogen-bond donors (Lipinski definition) is 2. The number of aromatic amines is 1. The van der Waals surface area contributed by atoms with Gasteiger partial charge in [0, 0.05) is 23.5 Å². The van der Waals surface area contributed by atoms with E-state index in [9.17, 15) is 5.26 Å². The van der Waals surface area contributed by atoms with Gasteiger partial charge in [0.05, 0.1) is 11.8 Å². The maximum Gasteiger partial charge on any atom is 0.206 e. The molecule has 0 unspecified atom stereocenters. The molecule has 0 saturated carbocycles. The topological polar surface area (TPSA) is 108 Å². The summed E-state index contributed by atoms with van der Waals surface area (Å²) in [7, 11) is 0. The van der Waals surface area contributed by atoms with E-state index in [-0.39, 0.29) is 5.54 Å². The van der Waals surface area contributed by atoms with Crippen molar-refractivity contribution in [3.05, 3.63) is 36.0 Å². The van der Waals surface area contributed by atoms with Crippen molar-refractivity contribution in [1.29, 1.82) is 5.26 Å². The number of hydrogen-bond acceptors (Lipinski definition) is 7. The number of anilines is 1. The summed E-state index contributed by atoms with van der Waals surface area (Å²) >= 11 is 1.42. The molecule has 0 spiro atoms. The van der Waals surface area contributed by atoms with Gasteiger partial charge in [-0.3, -0.25) is 0 Å². The Labute approximate surface area is 155 Å². The van der Waals surface area contributed by atoms with E-state index in [1.54, 1.807) is 12.3 Å². The van der Waals surface area contributed by atoms with E-state index in [2.05, 4.69) is 37.8 Å². The second kappa shape index (κ2) is 6.59. The summed E-state index contributed by atoms with van der Waals surface area (Å²) in [6.45, 7) is 3.82. The third-order valence-electron chi connectivity index (χ3n) is 4.60. The van der Waals surface area contributed by atoms with Crippen molar-refractivity contribution >= 4 is 29.0 Å². The Kier molecular flexibility index (Phi) is 4.26. The number of benzene rings is 1. The van der Waals surface area contributed by atoms with Gasteiger partial charge in [0.1, 0.15) is 11.1 Å². The van der Waals surface area contributed by atoms with E-state index in [1.165, 1.54) is 11.8 Å². The van der Waals surface area contributed by atoms with Gasteiger partial charge in [0.15, 0.2) is 11.3 Å². The van der Waals surface area contributed by atoms with Crippen LogP contribution >= 0.6 is 11.8 Å². The van der Waals surface area contributed by atoms with Gasteiger partial charge in [-0.1, -0.05) is 23.9 Å². The maximum absolute atomic E-state index is 9.22. The fourth-order valence-electron chi connectivity index (χ4n) is 2.96. The number of H-pyrrole nitrogens is 1. The molecule has 26 heavy (non-hydrogen) atoms. The monoisotopic (exact) mass is 365 g/mol. The number of aromatic nitrogens is 4.